The Morgan fingerprint density at radius 1 is 1.21 bits per heavy atom. The first-order valence-corrected chi connectivity index (χ1v) is 8.14. The fourth-order valence-electron chi connectivity index (χ4n) is 3.08. The highest BCUT2D eigenvalue weighted by molar-refractivity contribution is 5.84. The van der Waals surface area contributed by atoms with Crippen molar-refractivity contribution in [1.82, 2.24) is 10.2 Å². The van der Waals surface area contributed by atoms with Gasteiger partial charge in [-0.1, -0.05) is 53.9 Å². The zero-order valence-corrected chi connectivity index (χ0v) is 13.4. The van der Waals surface area contributed by atoms with Crippen LogP contribution in [0.3, 0.4) is 0 Å². The van der Waals surface area contributed by atoms with E-state index in [2.05, 4.69) is 44.8 Å². The molecule has 1 saturated heterocycles. The van der Waals surface area contributed by atoms with Gasteiger partial charge in [0.25, 0.3) is 0 Å². The highest BCUT2D eigenvalue weighted by atomic mass is 16.2. The maximum atomic E-state index is 12.7. The van der Waals surface area contributed by atoms with E-state index in [0.717, 1.165) is 38.5 Å². The average molecular weight is 268 g/mol. The number of carbonyl (C=O) groups excluding carboxylic acids is 1. The summed E-state index contributed by atoms with van der Waals surface area (Å²) < 4.78 is 0. The van der Waals surface area contributed by atoms with Crippen molar-refractivity contribution in [1.29, 1.82) is 0 Å². The van der Waals surface area contributed by atoms with E-state index in [4.69, 9.17) is 0 Å². The summed E-state index contributed by atoms with van der Waals surface area (Å²) in [4.78, 5) is 14.8. The summed E-state index contributed by atoms with van der Waals surface area (Å²) in [6, 6.07) is 0.460. The van der Waals surface area contributed by atoms with Crippen molar-refractivity contribution in [3.8, 4) is 0 Å². The lowest BCUT2D eigenvalue weighted by Crippen LogP contribution is -2.47. The van der Waals surface area contributed by atoms with Crippen molar-refractivity contribution >= 4 is 5.91 Å². The van der Waals surface area contributed by atoms with Crippen LogP contribution in [0, 0.1) is 5.92 Å². The molecule has 1 amide bonds. The molecule has 0 aromatic heterocycles. The Hall–Kier alpha value is -0.570. The third-order valence-electron chi connectivity index (χ3n) is 4.19. The van der Waals surface area contributed by atoms with Gasteiger partial charge in [-0.05, 0) is 25.2 Å². The number of nitrogens with one attached hydrogen (secondary N) is 1. The number of amides is 1. The molecule has 0 bridgehead atoms. The summed E-state index contributed by atoms with van der Waals surface area (Å²) in [5.74, 6) is 0.814. The minimum Gasteiger partial charge on any atom is -0.323 e. The quantitative estimate of drug-likeness (QED) is 0.730. The summed E-state index contributed by atoms with van der Waals surface area (Å²) in [7, 11) is 0. The van der Waals surface area contributed by atoms with Crippen LogP contribution in [0.15, 0.2) is 0 Å². The molecule has 3 unspecified atom stereocenters. The Kier molecular flexibility index (Phi) is 6.84. The van der Waals surface area contributed by atoms with Crippen molar-refractivity contribution in [2.45, 2.75) is 91.4 Å². The normalized spacial score (nSPS) is 25.4. The van der Waals surface area contributed by atoms with Gasteiger partial charge in [0, 0.05) is 6.04 Å². The predicted molar refractivity (Wildman–Crippen MR) is 80.9 cm³/mol. The largest absolute Gasteiger partial charge is 0.323 e. The number of hydrogen-bond acceptors (Lipinski definition) is 2. The van der Waals surface area contributed by atoms with Gasteiger partial charge in [-0.2, -0.15) is 0 Å². The summed E-state index contributed by atoms with van der Waals surface area (Å²) in [6.45, 7) is 11.0. The number of carbonyl (C=O) groups is 1. The van der Waals surface area contributed by atoms with Gasteiger partial charge in [0.05, 0.1) is 12.2 Å². The molecule has 0 radical (unpaired) electrons. The molecule has 1 fully saturated rings. The molecule has 3 heteroatoms. The van der Waals surface area contributed by atoms with Gasteiger partial charge < -0.3 is 4.90 Å². The van der Waals surface area contributed by atoms with Crippen molar-refractivity contribution < 1.29 is 4.79 Å². The topological polar surface area (TPSA) is 32.3 Å². The van der Waals surface area contributed by atoms with Crippen LogP contribution in [0.5, 0.6) is 0 Å². The fourth-order valence-corrected chi connectivity index (χ4v) is 3.08. The Morgan fingerprint density at radius 3 is 2.37 bits per heavy atom. The monoisotopic (exact) mass is 268 g/mol. The van der Waals surface area contributed by atoms with Gasteiger partial charge in [-0.25, -0.2) is 0 Å². The van der Waals surface area contributed by atoms with Crippen LogP contribution < -0.4 is 5.32 Å². The van der Waals surface area contributed by atoms with E-state index in [1.165, 1.54) is 0 Å². The zero-order valence-electron chi connectivity index (χ0n) is 13.4. The van der Waals surface area contributed by atoms with Crippen LogP contribution >= 0.6 is 0 Å². The van der Waals surface area contributed by atoms with Gasteiger partial charge in [0.1, 0.15) is 0 Å². The van der Waals surface area contributed by atoms with Gasteiger partial charge in [-0.15, -0.1) is 0 Å². The molecule has 0 aliphatic carbocycles. The molecule has 0 aromatic rings. The molecule has 19 heavy (non-hydrogen) atoms. The fraction of sp³-hybridized carbons (Fsp3) is 0.938. The van der Waals surface area contributed by atoms with Gasteiger partial charge in [-0.3, -0.25) is 10.1 Å². The maximum absolute atomic E-state index is 12.7. The van der Waals surface area contributed by atoms with E-state index >= 15 is 0 Å². The molecular weight excluding hydrogens is 236 g/mol. The third-order valence-corrected chi connectivity index (χ3v) is 4.19. The van der Waals surface area contributed by atoms with E-state index in [9.17, 15) is 4.79 Å². The molecule has 1 aliphatic heterocycles. The number of nitrogens with zero attached hydrogens (tertiary/aromatic N) is 1. The van der Waals surface area contributed by atoms with E-state index in [1.807, 2.05) is 0 Å². The van der Waals surface area contributed by atoms with E-state index in [0.29, 0.717) is 17.9 Å². The van der Waals surface area contributed by atoms with E-state index in [1.54, 1.807) is 0 Å². The number of rotatable bonds is 8. The number of hydrogen-bond donors (Lipinski definition) is 1. The highest BCUT2D eigenvalue weighted by Gasteiger charge is 2.42. The van der Waals surface area contributed by atoms with E-state index < -0.39 is 0 Å². The van der Waals surface area contributed by atoms with E-state index in [-0.39, 0.29) is 12.2 Å². The molecule has 0 saturated carbocycles. The van der Waals surface area contributed by atoms with Gasteiger partial charge >= 0.3 is 0 Å². The van der Waals surface area contributed by atoms with Crippen molar-refractivity contribution in [3.63, 3.8) is 0 Å². The molecule has 3 atom stereocenters. The van der Waals surface area contributed by atoms with Crippen LogP contribution in [0.1, 0.15) is 73.1 Å². The Balaban J connectivity index is 2.81. The average Bonchev–Trinajstić information content (AvgIpc) is 2.71. The highest BCUT2D eigenvalue weighted by Crippen LogP contribution is 2.26. The van der Waals surface area contributed by atoms with Crippen LogP contribution in [0.2, 0.25) is 0 Å². The second-order valence-corrected chi connectivity index (χ2v) is 6.15. The van der Waals surface area contributed by atoms with Crippen LogP contribution in [-0.4, -0.2) is 29.1 Å². The third kappa shape index (κ3) is 3.95. The van der Waals surface area contributed by atoms with Crippen LogP contribution in [-0.2, 0) is 4.79 Å². The molecule has 1 heterocycles. The maximum Gasteiger partial charge on any atom is 0.241 e. The molecule has 0 aromatic carbocycles. The molecule has 1 rings (SSSR count). The van der Waals surface area contributed by atoms with Crippen LogP contribution in [0.4, 0.5) is 0 Å². The van der Waals surface area contributed by atoms with Gasteiger partial charge in [0.2, 0.25) is 5.91 Å². The Bertz CT molecular complexity index is 278. The van der Waals surface area contributed by atoms with Crippen LogP contribution in [0.25, 0.3) is 0 Å². The number of unbranched alkanes of at least 4 members (excludes halogenated alkanes) is 1. The SMILES string of the molecule is CCCCC1NC(C(C)C)N(C(CC)CCC)C1=O. The summed E-state index contributed by atoms with van der Waals surface area (Å²) in [6.07, 6.45) is 6.82. The minimum atomic E-state index is 0.0539. The molecule has 1 aliphatic rings. The molecular formula is C16H32N2O. The molecule has 3 nitrogen and oxygen atoms in total. The summed E-state index contributed by atoms with van der Waals surface area (Å²) in [5, 5.41) is 3.57. The first kappa shape index (κ1) is 16.5. The lowest BCUT2D eigenvalue weighted by atomic mass is 10.0. The van der Waals surface area contributed by atoms with Crippen molar-refractivity contribution in [2.75, 3.05) is 0 Å². The smallest absolute Gasteiger partial charge is 0.241 e. The first-order chi connectivity index (χ1) is 9.06. The Morgan fingerprint density at radius 2 is 1.89 bits per heavy atom. The zero-order chi connectivity index (χ0) is 14.4. The Labute approximate surface area is 119 Å². The summed E-state index contributed by atoms with van der Waals surface area (Å²) >= 11 is 0. The lowest BCUT2D eigenvalue weighted by Gasteiger charge is -2.34. The minimum absolute atomic E-state index is 0.0539. The van der Waals surface area contributed by atoms with Crippen molar-refractivity contribution in [2.24, 2.45) is 5.92 Å². The lowest BCUT2D eigenvalue weighted by molar-refractivity contribution is -0.133. The van der Waals surface area contributed by atoms with Crippen molar-refractivity contribution in [3.05, 3.63) is 0 Å². The standard InChI is InChI=1S/C16H32N2O/c1-6-9-11-14-16(19)18(13(8-3)10-7-2)15(17-14)12(4)5/h12-15,17H,6-11H2,1-5H3. The second kappa shape index (κ2) is 7.88. The molecule has 0 spiro atoms. The predicted octanol–water partition coefficient (Wildman–Crippen LogP) is 3.54. The first-order valence-electron chi connectivity index (χ1n) is 8.14. The summed E-state index contributed by atoms with van der Waals surface area (Å²) in [5.41, 5.74) is 0. The van der Waals surface area contributed by atoms with Gasteiger partial charge in [0.15, 0.2) is 0 Å². The molecule has 112 valence electrons. The molecule has 1 N–H and O–H groups in total. The second-order valence-electron chi connectivity index (χ2n) is 6.15.